The van der Waals surface area contributed by atoms with Crippen LogP contribution < -0.4 is 4.74 Å². The number of piperidine rings is 1. The molecule has 2 amide bonds. The van der Waals surface area contributed by atoms with Crippen molar-refractivity contribution in [2.24, 2.45) is 5.92 Å². The first kappa shape index (κ1) is 31.9. The van der Waals surface area contributed by atoms with Gasteiger partial charge in [-0.25, -0.2) is 9.86 Å². The number of hydrogen-bond acceptors (Lipinski definition) is 7. The van der Waals surface area contributed by atoms with Gasteiger partial charge in [0.2, 0.25) is 6.41 Å². The Hall–Kier alpha value is -3.59. The molecule has 3 rings (SSSR count). The van der Waals surface area contributed by atoms with E-state index in [9.17, 15) is 14.4 Å². The summed E-state index contributed by atoms with van der Waals surface area (Å²) >= 11 is 0. The zero-order valence-electron chi connectivity index (χ0n) is 24.8. The molecule has 0 N–H and O–H groups in total. The van der Waals surface area contributed by atoms with Crippen LogP contribution in [0.3, 0.4) is 0 Å². The largest absolute Gasteiger partial charge is 0.494 e. The minimum atomic E-state index is -0.517. The topological polar surface area (TPSA) is 94.6 Å². The molecule has 9 heteroatoms. The number of ether oxygens (including phenoxy) is 3. The number of esters is 1. The summed E-state index contributed by atoms with van der Waals surface area (Å²) in [5.41, 5.74) is 1.39. The highest BCUT2D eigenvalue weighted by molar-refractivity contribution is 5.70. The van der Waals surface area contributed by atoms with Crippen LogP contribution in [0.25, 0.3) is 0 Å². The summed E-state index contributed by atoms with van der Waals surface area (Å²) in [5.74, 6) is 0.933. The van der Waals surface area contributed by atoms with Crippen molar-refractivity contribution >= 4 is 18.5 Å². The lowest BCUT2D eigenvalue weighted by atomic mass is 9.92. The molecule has 1 aliphatic heterocycles. The third kappa shape index (κ3) is 11.4. The fourth-order valence-electron chi connectivity index (χ4n) is 4.76. The number of carbonyl (C=O) groups excluding carboxylic acids is 3. The van der Waals surface area contributed by atoms with Gasteiger partial charge in [-0.1, -0.05) is 42.5 Å². The van der Waals surface area contributed by atoms with Gasteiger partial charge in [0.1, 0.15) is 18.0 Å². The van der Waals surface area contributed by atoms with E-state index in [0.29, 0.717) is 25.4 Å². The van der Waals surface area contributed by atoms with Crippen molar-refractivity contribution in [1.82, 2.24) is 9.96 Å². The summed E-state index contributed by atoms with van der Waals surface area (Å²) in [7, 11) is 1.33. The van der Waals surface area contributed by atoms with E-state index in [1.54, 1.807) is 4.90 Å². The Morgan fingerprint density at radius 2 is 1.71 bits per heavy atom. The van der Waals surface area contributed by atoms with Crippen LogP contribution in [0, 0.1) is 5.92 Å². The van der Waals surface area contributed by atoms with E-state index < -0.39 is 17.6 Å². The normalized spacial score (nSPS) is 14.7. The molecular formula is C32H44N2O7. The van der Waals surface area contributed by atoms with Gasteiger partial charge in [-0.3, -0.25) is 14.4 Å². The van der Waals surface area contributed by atoms with Crippen molar-refractivity contribution in [3.8, 4) is 5.75 Å². The molecule has 0 aromatic heterocycles. The standard InChI is InChI=1S/C32H44N2O7/c1-32(2,3)41-31(37)33-18-16-25(17-19-33)11-8-20-39-29-14-12-26(13-15-29)21-28(22-30(36)38-4)34(24-35)40-23-27-9-6-5-7-10-27/h5-7,9-10,12-15,24-25,28H,8,11,16-23H2,1-4H3. The van der Waals surface area contributed by atoms with Gasteiger partial charge in [0.15, 0.2) is 0 Å². The van der Waals surface area contributed by atoms with Gasteiger partial charge >= 0.3 is 12.1 Å². The number of carbonyl (C=O) groups is 3. The maximum absolute atomic E-state index is 12.3. The molecule has 2 aromatic rings. The number of nitrogens with zero attached hydrogens (tertiary/aromatic N) is 2. The van der Waals surface area contributed by atoms with E-state index in [2.05, 4.69) is 0 Å². The first-order valence-corrected chi connectivity index (χ1v) is 14.3. The van der Waals surface area contributed by atoms with Crippen molar-refractivity contribution in [2.75, 3.05) is 26.8 Å². The molecule has 0 saturated carbocycles. The van der Waals surface area contributed by atoms with Crippen molar-refractivity contribution in [2.45, 2.75) is 77.5 Å². The number of methoxy groups -OCH3 is 1. The van der Waals surface area contributed by atoms with E-state index in [1.165, 1.54) is 12.2 Å². The van der Waals surface area contributed by atoms with Gasteiger partial charge in [0.05, 0.1) is 26.2 Å². The summed E-state index contributed by atoms with van der Waals surface area (Å²) in [4.78, 5) is 43.7. The Morgan fingerprint density at radius 3 is 2.32 bits per heavy atom. The number of amides is 2. The van der Waals surface area contributed by atoms with Crippen molar-refractivity contribution < 1.29 is 33.4 Å². The highest BCUT2D eigenvalue weighted by Crippen LogP contribution is 2.24. The minimum Gasteiger partial charge on any atom is -0.494 e. The number of rotatable bonds is 14. The van der Waals surface area contributed by atoms with Crippen LogP contribution in [0.15, 0.2) is 54.6 Å². The lowest BCUT2D eigenvalue weighted by Gasteiger charge is -2.33. The molecule has 9 nitrogen and oxygen atoms in total. The summed E-state index contributed by atoms with van der Waals surface area (Å²) in [6.07, 6.45) is 4.77. The first-order chi connectivity index (χ1) is 19.7. The fourth-order valence-corrected chi connectivity index (χ4v) is 4.76. The van der Waals surface area contributed by atoms with Crippen LogP contribution in [0.1, 0.15) is 64.0 Å². The summed E-state index contributed by atoms with van der Waals surface area (Å²) in [6.45, 7) is 7.96. The second-order valence-electron chi connectivity index (χ2n) is 11.4. The van der Waals surface area contributed by atoms with Crippen LogP contribution in [-0.2, 0) is 36.9 Å². The second-order valence-corrected chi connectivity index (χ2v) is 11.4. The highest BCUT2D eigenvalue weighted by atomic mass is 16.7. The van der Waals surface area contributed by atoms with Crippen LogP contribution in [-0.4, -0.2) is 66.9 Å². The molecule has 41 heavy (non-hydrogen) atoms. The maximum Gasteiger partial charge on any atom is 0.410 e. The minimum absolute atomic E-state index is 0.0129. The number of hydroxylamine groups is 2. The molecule has 2 aromatic carbocycles. The van der Waals surface area contributed by atoms with Crippen LogP contribution in [0.5, 0.6) is 5.75 Å². The van der Waals surface area contributed by atoms with Gasteiger partial charge < -0.3 is 19.1 Å². The zero-order valence-corrected chi connectivity index (χ0v) is 24.8. The molecule has 0 radical (unpaired) electrons. The van der Waals surface area contributed by atoms with Gasteiger partial charge in [-0.2, -0.15) is 0 Å². The molecule has 1 atom stereocenters. The average Bonchev–Trinajstić information content (AvgIpc) is 2.96. The third-order valence-corrected chi connectivity index (χ3v) is 7.00. The molecular weight excluding hydrogens is 524 g/mol. The fraction of sp³-hybridized carbons (Fsp3) is 0.531. The van der Waals surface area contributed by atoms with Gasteiger partial charge in [0.25, 0.3) is 0 Å². The highest BCUT2D eigenvalue weighted by Gasteiger charge is 2.27. The van der Waals surface area contributed by atoms with E-state index in [1.807, 2.05) is 75.4 Å². The SMILES string of the molecule is COC(=O)CC(Cc1ccc(OCCCC2CCN(C(=O)OC(C)(C)C)CC2)cc1)N(C=O)OCc1ccccc1. The Balaban J connectivity index is 1.43. The first-order valence-electron chi connectivity index (χ1n) is 14.3. The van der Waals surface area contributed by atoms with E-state index in [0.717, 1.165) is 55.6 Å². The van der Waals surface area contributed by atoms with Gasteiger partial charge in [-0.05, 0) is 82.1 Å². The maximum atomic E-state index is 12.3. The second kappa shape index (κ2) is 16.0. The van der Waals surface area contributed by atoms with E-state index in [4.69, 9.17) is 19.0 Å². The smallest absolute Gasteiger partial charge is 0.410 e. The summed E-state index contributed by atoms with van der Waals surface area (Å²) in [5, 5.41) is 1.20. The predicted octanol–water partition coefficient (Wildman–Crippen LogP) is 5.56. The molecule has 1 fully saturated rings. The molecule has 224 valence electrons. The summed E-state index contributed by atoms with van der Waals surface area (Å²) in [6, 6.07) is 16.7. The van der Waals surface area contributed by atoms with E-state index >= 15 is 0 Å². The van der Waals surface area contributed by atoms with E-state index in [-0.39, 0.29) is 19.1 Å². The number of likely N-dealkylation sites (tertiary alicyclic amines) is 1. The lowest BCUT2D eigenvalue weighted by Crippen LogP contribution is -2.41. The quantitative estimate of drug-likeness (QED) is 0.128. The molecule has 0 spiro atoms. The van der Waals surface area contributed by atoms with Gasteiger partial charge in [-0.15, -0.1) is 0 Å². The van der Waals surface area contributed by atoms with Crippen molar-refractivity contribution in [3.05, 3.63) is 65.7 Å². The molecule has 1 aliphatic rings. The predicted molar refractivity (Wildman–Crippen MR) is 155 cm³/mol. The van der Waals surface area contributed by atoms with Crippen LogP contribution in [0.4, 0.5) is 4.79 Å². The van der Waals surface area contributed by atoms with Crippen molar-refractivity contribution in [1.29, 1.82) is 0 Å². The van der Waals surface area contributed by atoms with Crippen molar-refractivity contribution in [3.63, 3.8) is 0 Å². The van der Waals surface area contributed by atoms with Gasteiger partial charge in [0, 0.05) is 13.1 Å². The molecule has 0 aliphatic carbocycles. The Kier molecular flexibility index (Phi) is 12.5. The lowest BCUT2D eigenvalue weighted by molar-refractivity contribution is -0.195. The molecule has 1 saturated heterocycles. The zero-order chi connectivity index (χ0) is 29.7. The third-order valence-electron chi connectivity index (χ3n) is 7.00. The van der Waals surface area contributed by atoms with Crippen LogP contribution in [0.2, 0.25) is 0 Å². The Labute approximate surface area is 243 Å². The number of hydrogen-bond donors (Lipinski definition) is 0. The summed E-state index contributed by atoms with van der Waals surface area (Å²) < 4.78 is 16.3. The number of benzene rings is 2. The Morgan fingerprint density at radius 1 is 1.02 bits per heavy atom. The molecule has 1 unspecified atom stereocenters. The molecule has 1 heterocycles. The average molecular weight is 569 g/mol. The molecule has 0 bridgehead atoms. The monoisotopic (exact) mass is 568 g/mol. The van der Waals surface area contributed by atoms with Crippen LogP contribution >= 0.6 is 0 Å². The Bertz CT molecular complexity index is 1080.